The van der Waals surface area contributed by atoms with Gasteiger partial charge in [0.25, 0.3) is 5.91 Å². The molecular formula is C17H20N6O2. The molecule has 1 aliphatic heterocycles. The van der Waals surface area contributed by atoms with Crippen molar-refractivity contribution in [3.8, 4) is 0 Å². The average Bonchev–Trinajstić information content (AvgIpc) is 3.24. The molecule has 4 rings (SSSR count). The summed E-state index contributed by atoms with van der Waals surface area (Å²) in [5.74, 6) is -0.170. The van der Waals surface area contributed by atoms with Gasteiger partial charge in [-0.1, -0.05) is 6.07 Å². The largest absolute Gasteiger partial charge is 0.347 e. The zero-order chi connectivity index (χ0) is 17.4. The number of hydrogen-bond donors (Lipinski definition) is 1. The second kappa shape index (κ2) is 6.29. The van der Waals surface area contributed by atoms with Gasteiger partial charge in [-0.2, -0.15) is 5.10 Å². The number of benzene rings is 1. The minimum Gasteiger partial charge on any atom is -0.347 e. The summed E-state index contributed by atoms with van der Waals surface area (Å²) in [5.41, 5.74) is 3.86. The van der Waals surface area contributed by atoms with Crippen molar-refractivity contribution < 1.29 is 9.42 Å². The van der Waals surface area contributed by atoms with Crippen molar-refractivity contribution in [1.29, 1.82) is 0 Å². The first-order chi connectivity index (χ1) is 12.1. The molecule has 0 spiro atoms. The van der Waals surface area contributed by atoms with E-state index in [0.29, 0.717) is 29.3 Å². The van der Waals surface area contributed by atoms with E-state index in [9.17, 15) is 4.79 Å². The van der Waals surface area contributed by atoms with Crippen LogP contribution < -0.4 is 5.32 Å². The first-order valence-corrected chi connectivity index (χ1v) is 8.40. The lowest BCUT2D eigenvalue weighted by Crippen LogP contribution is -2.38. The SMILES string of the molecule is CC(C)N1CCn2nc(C(=O)NCc3ccc4nonc4c3)cc2C1. The van der Waals surface area contributed by atoms with Crippen LogP contribution in [-0.2, 0) is 19.6 Å². The van der Waals surface area contributed by atoms with Gasteiger partial charge in [0.15, 0.2) is 5.69 Å². The number of carbonyl (C=O) groups is 1. The van der Waals surface area contributed by atoms with Gasteiger partial charge < -0.3 is 5.32 Å². The number of nitrogens with zero attached hydrogens (tertiary/aromatic N) is 5. The van der Waals surface area contributed by atoms with E-state index in [-0.39, 0.29) is 5.91 Å². The van der Waals surface area contributed by atoms with Crippen LogP contribution in [0.25, 0.3) is 11.0 Å². The maximum absolute atomic E-state index is 12.4. The minimum atomic E-state index is -0.170. The van der Waals surface area contributed by atoms with Crippen LogP contribution in [0.2, 0.25) is 0 Å². The first-order valence-electron chi connectivity index (χ1n) is 8.40. The molecule has 0 radical (unpaired) electrons. The fourth-order valence-corrected chi connectivity index (χ4v) is 3.05. The molecule has 8 nitrogen and oxygen atoms in total. The molecule has 0 fully saturated rings. The molecule has 0 unspecified atom stereocenters. The van der Waals surface area contributed by atoms with Crippen LogP contribution in [0.3, 0.4) is 0 Å². The van der Waals surface area contributed by atoms with Crippen molar-refractivity contribution in [2.24, 2.45) is 0 Å². The van der Waals surface area contributed by atoms with E-state index in [0.717, 1.165) is 30.9 Å². The maximum Gasteiger partial charge on any atom is 0.272 e. The van der Waals surface area contributed by atoms with Gasteiger partial charge in [-0.05, 0) is 47.9 Å². The molecule has 25 heavy (non-hydrogen) atoms. The van der Waals surface area contributed by atoms with Crippen LogP contribution in [0.5, 0.6) is 0 Å². The number of aromatic nitrogens is 4. The highest BCUT2D eigenvalue weighted by molar-refractivity contribution is 5.92. The van der Waals surface area contributed by atoms with Crippen LogP contribution in [0.4, 0.5) is 0 Å². The summed E-state index contributed by atoms with van der Waals surface area (Å²) in [6, 6.07) is 7.94. The number of nitrogens with one attached hydrogen (secondary N) is 1. The molecule has 0 saturated heterocycles. The van der Waals surface area contributed by atoms with Crippen molar-refractivity contribution in [2.45, 2.75) is 39.5 Å². The lowest BCUT2D eigenvalue weighted by atomic mass is 10.2. The Morgan fingerprint density at radius 2 is 2.08 bits per heavy atom. The fraction of sp³-hybridized carbons (Fsp3) is 0.412. The van der Waals surface area contributed by atoms with Crippen LogP contribution >= 0.6 is 0 Å². The Bertz CT molecular complexity index is 913. The van der Waals surface area contributed by atoms with Gasteiger partial charge in [0.05, 0.1) is 12.2 Å². The Hall–Kier alpha value is -2.74. The summed E-state index contributed by atoms with van der Waals surface area (Å²) in [6.07, 6.45) is 0. The molecular weight excluding hydrogens is 320 g/mol. The van der Waals surface area contributed by atoms with Crippen LogP contribution in [0.1, 0.15) is 35.6 Å². The highest BCUT2D eigenvalue weighted by atomic mass is 16.6. The van der Waals surface area contributed by atoms with E-state index in [2.05, 4.69) is 44.1 Å². The van der Waals surface area contributed by atoms with Crippen molar-refractivity contribution >= 4 is 16.9 Å². The van der Waals surface area contributed by atoms with Gasteiger partial charge in [0.2, 0.25) is 0 Å². The van der Waals surface area contributed by atoms with E-state index in [1.165, 1.54) is 0 Å². The van der Waals surface area contributed by atoms with E-state index in [1.54, 1.807) is 0 Å². The van der Waals surface area contributed by atoms with Crippen LogP contribution in [0, 0.1) is 0 Å². The molecule has 1 amide bonds. The monoisotopic (exact) mass is 340 g/mol. The second-order valence-corrected chi connectivity index (χ2v) is 6.58. The minimum absolute atomic E-state index is 0.170. The summed E-state index contributed by atoms with van der Waals surface area (Å²) in [4.78, 5) is 14.8. The van der Waals surface area contributed by atoms with E-state index >= 15 is 0 Å². The van der Waals surface area contributed by atoms with Gasteiger partial charge in [0.1, 0.15) is 11.0 Å². The fourth-order valence-electron chi connectivity index (χ4n) is 3.05. The number of hydrogen-bond acceptors (Lipinski definition) is 6. The second-order valence-electron chi connectivity index (χ2n) is 6.58. The summed E-state index contributed by atoms with van der Waals surface area (Å²) < 4.78 is 6.61. The lowest BCUT2D eigenvalue weighted by Gasteiger charge is -2.30. The van der Waals surface area contributed by atoms with Gasteiger partial charge in [-0.15, -0.1) is 0 Å². The molecule has 3 heterocycles. The van der Waals surface area contributed by atoms with E-state index in [4.69, 9.17) is 0 Å². The molecule has 1 aliphatic rings. The summed E-state index contributed by atoms with van der Waals surface area (Å²) in [5, 5.41) is 14.9. The summed E-state index contributed by atoms with van der Waals surface area (Å²) >= 11 is 0. The van der Waals surface area contributed by atoms with Gasteiger partial charge >= 0.3 is 0 Å². The molecule has 130 valence electrons. The molecule has 8 heteroatoms. The first kappa shape index (κ1) is 15.8. The predicted molar refractivity (Wildman–Crippen MR) is 90.7 cm³/mol. The summed E-state index contributed by atoms with van der Waals surface area (Å²) in [7, 11) is 0. The topological polar surface area (TPSA) is 89.1 Å². The smallest absolute Gasteiger partial charge is 0.272 e. The third-order valence-corrected chi connectivity index (χ3v) is 4.56. The zero-order valence-electron chi connectivity index (χ0n) is 14.3. The quantitative estimate of drug-likeness (QED) is 0.775. The van der Waals surface area contributed by atoms with Gasteiger partial charge in [0, 0.05) is 25.7 Å². The molecule has 1 N–H and O–H groups in total. The van der Waals surface area contributed by atoms with Crippen LogP contribution in [0.15, 0.2) is 28.9 Å². The third-order valence-electron chi connectivity index (χ3n) is 4.56. The predicted octanol–water partition coefficient (Wildman–Crippen LogP) is 1.57. The van der Waals surface area contributed by atoms with Crippen molar-refractivity contribution in [1.82, 2.24) is 30.3 Å². The van der Waals surface area contributed by atoms with Crippen LogP contribution in [-0.4, -0.2) is 43.5 Å². The molecule has 2 aromatic heterocycles. The molecule has 3 aromatic rings. The highest BCUT2D eigenvalue weighted by Crippen LogP contribution is 2.16. The van der Waals surface area contributed by atoms with Crippen molar-refractivity contribution in [3.63, 3.8) is 0 Å². The number of rotatable bonds is 4. The van der Waals surface area contributed by atoms with Gasteiger partial charge in [-0.25, -0.2) is 4.63 Å². The highest BCUT2D eigenvalue weighted by Gasteiger charge is 2.22. The van der Waals surface area contributed by atoms with Crippen molar-refractivity contribution in [3.05, 3.63) is 41.2 Å². The normalized spacial score (nSPS) is 14.8. The standard InChI is InChI=1S/C17H20N6O2/c1-11(2)22-5-6-23-13(10-22)8-16(19-23)17(24)18-9-12-3-4-14-15(7-12)21-25-20-14/h3-4,7-8,11H,5-6,9-10H2,1-2H3,(H,18,24). The van der Waals surface area contributed by atoms with E-state index < -0.39 is 0 Å². The molecule has 0 bridgehead atoms. The Labute approximate surface area is 144 Å². The Morgan fingerprint density at radius 3 is 2.92 bits per heavy atom. The zero-order valence-corrected chi connectivity index (χ0v) is 14.3. The van der Waals surface area contributed by atoms with Crippen molar-refractivity contribution in [2.75, 3.05) is 6.54 Å². The van der Waals surface area contributed by atoms with Gasteiger partial charge in [-0.3, -0.25) is 14.4 Å². The third kappa shape index (κ3) is 3.12. The maximum atomic E-state index is 12.4. The number of fused-ring (bicyclic) bond motifs is 2. The molecule has 1 aromatic carbocycles. The Kier molecular flexibility index (Phi) is 3.96. The molecule has 0 saturated carbocycles. The van der Waals surface area contributed by atoms with E-state index in [1.807, 2.05) is 28.9 Å². The average molecular weight is 340 g/mol. The number of amides is 1. The molecule has 0 atom stereocenters. The Balaban J connectivity index is 1.43. The Morgan fingerprint density at radius 1 is 1.24 bits per heavy atom. The lowest BCUT2D eigenvalue weighted by molar-refractivity contribution is 0.0944. The summed E-state index contributed by atoms with van der Waals surface area (Å²) in [6.45, 7) is 7.37. The number of carbonyl (C=O) groups excluding carboxylic acids is 1. The molecule has 0 aliphatic carbocycles.